The molecule has 1 N–H and O–H groups in total. The fraction of sp³-hybridized carbons (Fsp3) is 0.462. The van der Waals surface area contributed by atoms with E-state index in [9.17, 15) is 8.42 Å². The Kier molecular flexibility index (Phi) is 4.29. The van der Waals surface area contributed by atoms with Crippen molar-refractivity contribution in [3.63, 3.8) is 0 Å². The van der Waals surface area contributed by atoms with Crippen LogP contribution in [0.1, 0.15) is 31.2 Å². The highest BCUT2D eigenvalue weighted by atomic mass is 79.9. The lowest BCUT2D eigenvalue weighted by Crippen LogP contribution is -2.36. The Hall–Kier alpha value is -0.900. The molecule has 1 aromatic rings. The number of nitrogens with zero attached hydrogens (tertiary/aromatic N) is 1. The monoisotopic (exact) mass is 342 g/mol. The maximum atomic E-state index is 12.0. The smallest absolute Gasteiger partial charge is 0.212 e. The summed E-state index contributed by atoms with van der Waals surface area (Å²) >= 11 is 3.40. The third-order valence-corrected chi connectivity index (χ3v) is 5.20. The third kappa shape index (κ3) is 3.78. The lowest BCUT2D eigenvalue weighted by atomic mass is 10.1. The Bertz CT molecular complexity index is 603. The van der Waals surface area contributed by atoms with Gasteiger partial charge in [0.1, 0.15) is 0 Å². The zero-order valence-corrected chi connectivity index (χ0v) is 12.8. The number of unbranched alkanes of at least 4 members (excludes halogenated alkanes) is 1. The molecule has 19 heavy (non-hydrogen) atoms. The van der Waals surface area contributed by atoms with E-state index in [0.717, 1.165) is 22.9 Å². The lowest BCUT2D eigenvalue weighted by Gasteiger charge is -2.18. The predicted octanol–water partition coefficient (Wildman–Crippen LogP) is 2.66. The van der Waals surface area contributed by atoms with E-state index in [1.165, 1.54) is 0 Å². The molecule has 0 bridgehead atoms. The Morgan fingerprint density at radius 1 is 1.42 bits per heavy atom. The second kappa shape index (κ2) is 5.61. The molecule has 0 atom stereocenters. The van der Waals surface area contributed by atoms with E-state index >= 15 is 0 Å². The molecule has 0 aromatic heterocycles. The summed E-state index contributed by atoms with van der Waals surface area (Å²) in [7, 11) is -3.33. The van der Waals surface area contributed by atoms with Crippen molar-refractivity contribution in [3.05, 3.63) is 34.3 Å². The molecule has 0 saturated heterocycles. The molecule has 0 aliphatic heterocycles. The standard InChI is InChI=1S/C13H15BrN2O2S/c14-12-5-3-4-11(10-12)13(6-7-13)16-19(17,18)9-2-1-8-15/h3-5,10,16H,1-2,6-7,9H2. The van der Waals surface area contributed by atoms with Gasteiger partial charge in [0.15, 0.2) is 0 Å². The van der Waals surface area contributed by atoms with E-state index in [2.05, 4.69) is 20.7 Å². The van der Waals surface area contributed by atoms with Crippen LogP contribution in [0.2, 0.25) is 0 Å². The summed E-state index contributed by atoms with van der Waals surface area (Å²) in [5.41, 5.74) is 0.556. The van der Waals surface area contributed by atoms with Gasteiger partial charge in [-0.3, -0.25) is 0 Å². The van der Waals surface area contributed by atoms with Crippen LogP contribution in [0.4, 0.5) is 0 Å². The molecule has 4 nitrogen and oxygen atoms in total. The van der Waals surface area contributed by atoms with Gasteiger partial charge in [0, 0.05) is 10.9 Å². The van der Waals surface area contributed by atoms with Crippen LogP contribution in [0.15, 0.2) is 28.7 Å². The van der Waals surface area contributed by atoms with Crippen molar-refractivity contribution in [2.45, 2.75) is 31.2 Å². The van der Waals surface area contributed by atoms with Crippen LogP contribution >= 0.6 is 15.9 Å². The molecule has 0 radical (unpaired) electrons. The molecule has 1 aromatic carbocycles. The highest BCUT2D eigenvalue weighted by Gasteiger charge is 2.47. The van der Waals surface area contributed by atoms with E-state index in [0.29, 0.717) is 6.42 Å². The van der Waals surface area contributed by atoms with Crippen LogP contribution in [0, 0.1) is 11.3 Å². The van der Waals surface area contributed by atoms with E-state index in [1.807, 2.05) is 30.3 Å². The summed E-state index contributed by atoms with van der Waals surface area (Å²) in [4.78, 5) is 0. The molecular weight excluding hydrogens is 328 g/mol. The lowest BCUT2D eigenvalue weighted by molar-refractivity contribution is 0.549. The van der Waals surface area contributed by atoms with Crippen molar-refractivity contribution in [2.24, 2.45) is 0 Å². The number of nitriles is 1. The van der Waals surface area contributed by atoms with Gasteiger partial charge >= 0.3 is 0 Å². The second-order valence-corrected chi connectivity index (χ2v) is 7.53. The highest BCUT2D eigenvalue weighted by Crippen LogP contribution is 2.46. The van der Waals surface area contributed by atoms with Gasteiger partial charge in [-0.05, 0) is 37.0 Å². The third-order valence-electron chi connectivity index (χ3n) is 3.18. The van der Waals surface area contributed by atoms with E-state index in [4.69, 9.17) is 5.26 Å². The quantitative estimate of drug-likeness (QED) is 0.808. The average Bonchev–Trinajstić information content (AvgIpc) is 3.09. The maximum absolute atomic E-state index is 12.0. The number of rotatable bonds is 6. The summed E-state index contributed by atoms with van der Waals surface area (Å²) in [6.45, 7) is 0. The first-order chi connectivity index (χ1) is 8.97. The molecule has 1 aliphatic rings. The minimum atomic E-state index is -3.33. The van der Waals surface area contributed by atoms with Gasteiger partial charge in [0.25, 0.3) is 0 Å². The summed E-state index contributed by atoms with van der Waals surface area (Å²) < 4.78 is 27.7. The van der Waals surface area contributed by atoms with E-state index in [-0.39, 0.29) is 12.2 Å². The van der Waals surface area contributed by atoms with Crippen molar-refractivity contribution in [1.29, 1.82) is 5.26 Å². The van der Waals surface area contributed by atoms with E-state index < -0.39 is 15.6 Å². The summed E-state index contributed by atoms with van der Waals surface area (Å²) in [6.07, 6.45) is 2.28. The van der Waals surface area contributed by atoms with Gasteiger partial charge in [-0.1, -0.05) is 28.1 Å². The molecule has 6 heteroatoms. The van der Waals surface area contributed by atoms with Crippen molar-refractivity contribution >= 4 is 26.0 Å². The first-order valence-electron chi connectivity index (χ1n) is 6.12. The van der Waals surface area contributed by atoms with Crippen LogP contribution in [-0.2, 0) is 15.6 Å². The number of hydrogen-bond donors (Lipinski definition) is 1. The average molecular weight is 343 g/mol. The number of hydrogen-bond acceptors (Lipinski definition) is 3. The van der Waals surface area contributed by atoms with Gasteiger partial charge < -0.3 is 0 Å². The zero-order chi connectivity index (χ0) is 13.9. The number of sulfonamides is 1. The fourth-order valence-corrected chi connectivity index (χ4v) is 3.99. The van der Waals surface area contributed by atoms with Crippen LogP contribution in [0.3, 0.4) is 0 Å². The van der Waals surface area contributed by atoms with Crippen LogP contribution in [0.25, 0.3) is 0 Å². The van der Waals surface area contributed by atoms with E-state index in [1.54, 1.807) is 0 Å². The summed E-state index contributed by atoms with van der Waals surface area (Å²) in [6, 6.07) is 9.67. The van der Waals surface area contributed by atoms with Gasteiger partial charge in [0.05, 0.1) is 17.4 Å². The van der Waals surface area contributed by atoms with Crippen molar-refractivity contribution < 1.29 is 8.42 Å². The highest BCUT2D eigenvalue weighted by molar-refractivity contribution is 9.10. The number of nitrogens with one attached hydrogen (secondary N) is 1. The summed E-state index contributed by atoms with van der Waals surface area (Å²) in [5.74, 6) is 0.0102. The number of halogens is 1. The number of benzene rings is 1. The molecule has 102 valence electrons. The molecule has 1 fully saturated rings. The molecule has 0 spiro atoms. The van der Waals surface area contributed by atoms with Crippen molar-refractivity contribution in [2.75, 3.05) is 5.75 Å². The zero-order valence-electron chi connectivity index (χ0n) is 10.4. The second-order valence-electron chi connectivity index (χ2n) is 4.78. The Morgan fingerprint density at radius 2 is 2.16 bits per heavy atom. The SMILES string of the molecule is N#CCCCS(=O)(=O)NC1(c2cccc(Br)c2)CC1. The van der Waals surface area contributed by atoms with Gasteiger partial charge in [-0.2, -0.15) is 5.26 Å². The minimum Gasteiger partial charge on any atom is -0.212 e. The van der Waals surface area contributed by atoms with Gasteiger partial charge in [-0.15, -0.1) is 0 Å². The Balaban J connectivity index is 2.08. The maximum Gasteiger partial charge on any atom is 0.212 e. The fourth-order valence-electron chi connectivity index (χ4n) is 2.05. The molecule has 1 aliphatic carbocycles. The van der Waals surface area contributed by atoms with Gasteiger partial charge in [0.2, 0.25) is 10.0 Å². The van der Waals surface area contributed by atoms with Crippen LogP contribution < -0.4 is 4.72 Å². The Morgan fingerprint density at radius 3 is 2.74 bits per heavy atom. The molecule has 2 rings (SSSR count). The largest absolute Gasteiger partial charge is 0.212 e. The van der Waals surface area contributed by atoms with Crippen molar-refractivity contribution in [1.82, 2.24) is 4.72 Å². The normalized spacial score (nSPS) is 16.8. The van der Waals surface area contributed by atoms with Crippen molar-refractivity contribution in [3.8, 4) is 6.07 Å². The minimum absolute atomic E-state index is 0.0102. The van der Waals surface area contributed by atoms with Crippen LogP contribution in [-0.4, -0.2) is 14.2 Å². The molecule has 1 saturated carbocycles. The Labute approximate surface area is 122 Å². The first kappa shape index (κ1) is 14.5. The molecular formula is C13H15BrN2O2S. The summed E-state index contributed by atoms with van der Waals surface area (Å²) in [5, 5.41) is 8.45. The molecule has 0 heterocycles. The predicted molar refractivity (Wildman–Crippen MR) is 76.8 cm³/mol. The molecule has 0 amide bonds. The molecule has 0 unspecified atom stereocenters. The van der Waals surface area contributed by atoms with Crippen LogP contribution in [0.5, 0.6) is 0 Å². The topological polar surface area (TPSA) is 70.0 Å². The van der Waals surface area contributed by atoms with Gasteiger partial charge in [-0.25, -0.2) is 13.1 Å². The first-order valence-corrected chi connectivity index (χ1v) is 8.57.